The quantitative estimate of drug-likeness (QED) is 0.791. The van der Waals surface area contributed by atoms with Crippen LogP contribution in [0.15, 0.2) is 35.2 Å². The highest BCUT2D eigenvalue weighted by molar-refractivity contribution is 8.00. The Morgan fingerprint density at radius 1 is 1.32 bits per heavy atom. The van der Waals surface area contributed by atoms with E-state index in [4.69, 9.17) is 0 Å². The molecule has 0 N–H and O–H groups in total. The second-order valence-electron chi connectivity index (χ2n) is 5.92. The first-order valence-electron chi connectivity index (χ1n) is 7.53. The minimum Gasteiger partial charge on any atom is -0.299 e. The average molecular weight is 274 g/mol. The molecule has 2 saturated carbocycles. The van der Waals surface area contributed by atoms with Gasteiger partial charge in [-0.15, -0.1) is 11.8 Å². The van der Waals surface area contributed by atoms with Gasteiger partial charge in [-0.25, -0.2) is 0 Å². The molecule has 2 aliphatic rings. The maximum absolute atomic E-state index is 12.2. The molecular formula is C17H22OS. The van der Waals surface area contributed by atoms with Gasteiger partial charge in [0.15, 0.2) is 0 Å². The van der Waals surface area contributed by atoms with E-state index in [-0.39, 0.29) is 4.75 Å². The van der Waals surface area contributed by atoms with E-state index in [0.29, 0.717) is 18.1 Å². The number of hydrogen-bond acceptors (Lipinski definition) is 2. The Bertz CT molecular complexity index is 456. The van der Waals surface area contributed by atoms with E-state index in [2.05, 4.69) is 30.3 Å². The third-order valence-corrected chi connectivity index (χ3v) is 6.67. The van der Waals surface area contributed by atoms with Crippen molar-refractivity contribution < 1.29 is 4.79 Å². The summed E-state index contributed by atoms with van der Waals surface area (Å²) < 4.78 is 0.229. The van der Waals surface area contributed by atoms with Crippen molar-refractivity contribution >= 4 is 17.5 Å². The number of thioether (sulfide) groups is 1. The fourth-order valence-corrected chi connectivity index (χ4v) is 5.63. The van der Waals surface area contributed by atoms with E-state index in [0.717, 1.165) is 12.3 Å². The smallest absolute Gasteiger partial charge is 0.137 e. The van der Waals surface area contributed by atoms with Crippen LogP contribution in [0.3, 0.4) is 0 Å². The Kier molecular flexibility index (Phi) is 3.70. The zero-order valence-corrected chi connectivity index (χ0v) is 12.4. The largest absolute Gasteiger partial charge is 0.299 e. The number of benzene rings is 1. The topological polar surface area (TPSA) is 17.1 Å². The molecule has 102 valence electrons. The van der Waals surface area contributed by atoms with E-state index >= 15 is 0 Å². The van der Waals surface area contributed by atoms with Crippen LogP contribution in [0.1, 0.15) is 45.4 Å². The van der Waals surface area contributed by atoms with Gasteiger partial charge in [0.2, 0.25) is 0 Å². The van der Waals surface area contributed by atoms with Gasteiger partial charge >= 0.3 is 0 Å². The van der Waals surface area contributed by atoms with E-state index in [1.54, 1.807) is 0 Å². The number of Topliss-reactive ketones (excluding diaryl/α,β-unsaturated/α-hetero) is 1. The summed E-state index contributed by atoms with van der Waals surface area (Å²) in [6, 6.07) is 10.7. The van der Waals surface area contributed by atoms with Crippen molar-refractivity contribution in [1.29, 1.82) is 0 Å². The minimum absolute atomic E-state index is 0.229. The van der Waals surface area contributed by atoms with Crippen molar-refractivity contribution in [3.63, 3.8) is 0 Å². The van der Waals surface area contributed by atoms with Crippen LogP contribution in [0.2, 0.25) is 0 Å². The highest BCUT2D eigenvalue weighted by Gasteiger charge is 2.58. The van der Waals surface area contributed by atoms with Crippen molar-refractivity contribution in [3.05, 3.63) is 30.3 Å². The fourth-order valence-electron chi connectivity index (χ4n) is 3.90. The lowest BCUT2D eigenvalue weighted by Gasteiger charge is -2.57. The molecule has 0 spiro atoms. The Morgan fingerprint density at radius 2 is 2.11 bits per heavy atom. The molecule has 0 radical (unpaired) electrons. The van der Waals surface area contributed by atoms with Crippen LogP contribution >= 0.6 is 11.8 Å². The lowest BCUT2D eigenvalue weighted by molar-refractivity contribution is -0.130. The fraction of sp³-hybridized carbons (Fsp3) is 0.588. The molecule has 2 fully saturated rings. The van der Waals surface area contributed by atoms with Crippen LogP contribution in [0.5, 0.6) is 0 Å². The van der Waals surface area contributed by atoms with Gasteiger partial charge in [0.25, 0.3) is 0 Å². The Morgan fingerprint density at radius 3 is 2.79 bits per heavy atom. The summed E-state index contributed by atoms with van der Waals surface area (Å²) in [6.07, 6.45) is 7.06. The predicted molar refractivity (Wildman–Crippen MR) is 80.4 cm³/mol. The Balaban J connectivity index is 1.85. The number of hydrogen-bond donors (Lipinski definition) is 0. The monoisotopic (exact) mass is 274 g/mol. The predicted octanol–water partition coefficient (Wildman–Crippen LogP) is 4.71. The summed E-state index contributed by atoms with van der Waals surface area (Å²) in [5, 5.41) is 0. The maximum Gasteiger partial charge on any atom is 0.137 e. The summed E-state index contributed by atoms with van der Waals surface area (Å²) in [5.74, 6) is 1.57. The molecule has 1 nitrogen and oxygen atoms in total. The summed E-state index contributed by atoms with van der Waals surface area (Å²) in [4.78, 5) is 13.6. The second-order valence-corrected chi connectivity index (χ2v) is 7.36. The van der Waals surface area contributed by atoms with Gasteiger partial charge < -0.3 is 0 Å². The molecule has 2 aliphatic carbocycles. The van der Waals surface area contributed by atoms with Gasteiger partial charge in [0.1, 0.15) is 5.78 Å². The third kappa shape index (κ3) is 2.24. The number of carbonyl (C=O) groups is 1. The molecule has 0 heterocycles. The van der Waals surface area contributed by atoms with Gasteiger partial charge in [-0.3, -0.25) is 4.79 Å². The van der Waals surface area contributed by atoms with Crippen molar-refractivity contribution in [2.75, 3.05) is 0 Å². The minimum atomic E-state index is 0.229. The number of rotatable bonds is 4. The lowest BCUT2D eigenvalue weighted by atomic mass is 9.56. The molecule has 0 amide bonds. The van der Waals surface area contributed by atoms with Crippen LogP contribution in [-0.2, 0) is 4.79 Å². The van der Waals surface area contributed by atoms with Gasteiger partial charge in [-0.05, 0) is 37.3 Å². The maximum atomic E-state index is 12.2. The Labute approximate surface area is 120 Å². The van der Waals surface area contributed by atoms with Gasteiger partial charge in [0.05, 0.1) is 0 Å². The van der Waals surface area contributed by atoms with Crippen molar-refractivity contribution in [2.24, 2.45) is 11.8 Å². The number of carbonyl (C=O) groups excluding carboxylic acids is 1. The summed E-state index contributed by atoms with van der Waals surface area (Å²) in [6.45, 7) is 2.01. The number of fused-ring (bicyclic) bond motifs is 1. The van der Waals surface area contributed by atoms with E-state index < -0.39 is 0 Å². The van der Waals surface area contributed by atoms with Crippen molar-refractivity contribution in [1.82, 2.24) is 0 Å². The average Bonchev–Trinajstić information content (AvgIpc) is 2.43. The summed E-state index contributed by atoms with van der Waals surface area (Å²) >= 11 is 1.99. The van der Waals surface area contributed by atoms with Crippen LogP contribution < -0.4 is 0 Å². The highest BCUT2D eigenvalue weighted by Crippen LogP contribution is 2.62. The first-order valence-corrected chi connectivity index (χ1v) is 8.34. The molecule has 3 atom stereocenters. The second kappa shape index (κ2) is 5.32. The molecular weight excluding hydrogens is 252 g/mol. The molecule has 0 aromatic heterocycles. The molecule has 0 unspecified atom stereocenters. The first kappa shape index (κ1) is 13.2. The zero-order valence-electron chi connectivity index (χ0n) is 11.6. The van der Waals surface area contributed by atoms with Gasteiger partial charge in [-0.1, -0.05) is 38.0 Å². The standard InChI is InChI=1S/C17H22OS/c1-2-16(18)15-12-13-8-6-7-11-17(13,15)19-14-9-4-3-5-10-14/h3-5,9-10,13,15H,2,6-8,11-12H2,1H3/t13-,15-,17+/m1/s1. The Hall–Kier alpha value is -0.760. The summed E-state index contributed by atoms with van der Waals surface area (Å²) in [5.41, 5.74) is 0. The van der Waals surface area contributed by atoms with Crippen molar-refractivity contribution in [2.45, 2.75) is 55.1 Å². The van der Waals surface area contributed by atoms with Gasteiger partial charge in [0, 0.05) is 22.0 Å². The molecule has 1 aromatic rings. The van der Waals surface area contributed by atoms with E-state index in [9.17, 15) is 4.79 Å². The molecule has 0 saturated heterocycles. The van der Waals surface area contributed by atoms with Crippen LogP contribution in [0.25, 0.3) is 0 Å². The molecule has 3 rings (SSSR count). The molecule has 19 heavy (non-hydrogen) atoms. The molecule has 1 aromatic carbocycles. The highest BCUT2D eigenvalue weighted by atomic mass is 32.2. The van der Waals surface area contributed by atoms with Crippen LogP contribution in [0, 0.1) is 11.8 Å². The third-order valence-electron chi connectivity index (χ3n) is 4.96. The lowest BCUT2D eigenvalue weighted by Crippen LogP contribution is -2.57. The van der Waals surface area contributed by atoms with Crippen LogP contribution in [0.4, 0.5) is 0 Å². The zero-order chi connectivity index (χ0) is 13.3. The number of ketones is 1. The van der Waals surface area contributed by atoms with E-state index in [1.807, 2.05) is 18.7 Å². The first-order chi connectivity index (χ1) is 9.26. The van der Waals surface area contributed by atoms with Gasteiger partial charge in [-0.2, -0.15) is 0 Å². The normalized spacial score (nSPS) is 33.3. The molecule has 0 bridgehead atoms. The SMILES string of the molecule is CCC(=O)[C@H]1C[C@H]2CCCC[C@]21Sc1ccccc1. The van der Waals surface area contributed by atoms with Crippen molar-refractivity contribution in [3.8, 4) is 0 Å². The summed E-state index contributed by atoms with van der Waals surface area (Å²) in [7, 11) is 0. The van der Waals surface area contributed by atoms with Crippen LogP contribution in [-0.4, -0.2) is 10.5 Å². The molecule has 0 aliphatic heterocycles. The van der Waals surface area contributed by atoms with E-state index in [1.165, 1.54) is 30.6 Å². The molecule has 2 heteroatoms.